The average Bonchev–Trinajstić information content (AvgIpc) is 3.54. The Morgan fingerprint density at radius 1 is 0.939 bits per heavy atom. The van der Waals surface area contributed by atoms with Crippen LogP contribution >= 0.6 is 34.8 Å². The highest BCUT2D eigenvalue weighted by Gasteiger charge is 2.16. The van der Waals surface area contributed by atoms with Gasteiger partial charge >= 0.3 is 0 Å². The first-order valence-corrected chi connectivity index (χ1v) is 11.0. The third-order valence-corrected chi connectivity index (χ3v) is 6.19. The molecule has 4 aromatic heterocycles. The summed E-state index contributed by atoms with van der Waals surface area (Å²) in [6.45, 7) is 0.377. The maximum Gasteiger partial charge on any atom is 0.132 e. The van der Waals surface area contributed by atoms with Crippen LogP contribution < -0.4 is 0 Å². The van der Waals surface area contributed by atoms with Crippen molar-refractivity contribution in [1.29, 1.82) is 0 Å². The summed E-state index contributed by atoms with van der Waals surface area (Å²) in [5, 5.41) is 22.6. The molecular weight excluding hydrogens is 483 g/mol. The third kappa shape index (κ3) is 3.52. The van der Waals surface area contributed by atoms with Gasteiger partial charge in [0.15, 0.2) is 0 Å². The van der Waals surface area contributed by atoms with Gasteiger partial charge in [0.25, 0.3) is 0 Å². The average molecular weight is 496 g/mol. The van der Waals surface area contributed by atoms with Crippen molar-refractivity contribution in [3.8, 4) is 16.9 Å². The van der Waals surface area contributed by atoms with Crippen LogP contribution in [0.5, 0.6) is 0 Å². The van der Waals surface area contributed by atoms with Gasteiger partial charge in [-0.05, 0) is 42.5 Å². The molecule has 8 nitrogen and oxygen atoms in total. The predicted molar refractivity (Wildman–Crippen MR) is 128 cm³/mol. The maximum atomic E-state index is 6.60. The number of nitrogens with one attached hydrogen (secondary N) is 1. The molecule has 1 N–H and O–H groups in total. The number of aromatic amines is 1. The lowest BCUT2D eigenvalue weighted by Crippen LogP contribution is -2.06. The number of rotatable bonds is 4. The second-order valence-electron chi connectivity index (χ2n) is 7.42. The molecule has 0 saturated heterocycles. The van der Waals surface area contributed by atoms with E-state index < -0.39 is 0 Å². The Balaban J connectivity index is 1.45. The molecule has 0 amide bonds. The lowest BCUT2D eigenvalue weighted by molar-refractivity contribution is 0.680. The molecule has 4 heterocycles. The summed E-state index contributed by atoms with van der Waals surface area (Å²) in [6.07, 6.45) is 5.06. The van der Waals surface area contributed by atoms with E-state index in [9.17, 15) is 0 Å². The number of nitrogens with zero attached hydrogens (tertiary/aromatic N) is 7. The molecule has 0 aliphatic carbocycles. The van der Waals surface area contributed by atoms with E-state index in [0.717, 1.165) is 33.4 Å². The lowest BCUT2D eigenvalue weighted by atomic mass is 10.1. The minimum absolute atomic E-state index is 0.377. The number of H-pyrrole nitrogens is 1. The summed E-state index contributed by atoms with van der Waals surface area (Å²) < 4.78 is 3.56. The number of aromatic nitrogens is 8. The van der Waals surface area contributed by atoms with Gasteiger partial charge in [0.2, 0.25) is 0 Å². The number of benzene rings is 2. The fourth-order valence-electron chi connectivity index (χ4n) is 3.78. The van der Waals surface area contributed by atoms with Gasteiger partial charge in [0.05, 0.1) is 55.9 Å². The monoisotopic (exact) mass is 494 g/mol. The molecule has 11 heteroatoms. The van der Waals surface area contributed by atoms with E-state index in [1.54, 1.807) is 29.3 Å². The fourth-order valence-corrected chi connectivity index (χ4v) is 4.48. The molecule has 0 bridgehead atoms. The Kier molecular flexibility index (Phi) is 4.79. The normalized spacial score (nSPS) is 11.6. The molecule has 0 aliphatic heterocycles. The molecule has 0 fully saturated rings. The second kappa shape index (κ2) is 7.84. The van der Waals surface area contributed by atoms with Gasteiger partial charge in [0, 0.05) is 23.3 Å². The van der Waals surface area contributed by atoms with Gasteiger partial charge in [0.1, 0.15) is 5.52 Å². The van der Waals surface area contributed by atoms with E-state index in [0.29, 0.717) is 32.8 Å². The standard InChI is InChI=1S/C22H13Cl3N8/c23-14-7-16(24)19(26-10-14)11-32-20(3-4-28-32)13-5-17(25)22-21(6-13)33(31-30-22)15-2-1-12-9-27-29-18(12)8-15/h1-10H,11H2,(H,27,29). The smallest absolute Gasteiger partial charge is 0.132 e. The largest absolute Gasteiger partial charge is 0.278 e. The molecule has 0 radical (unpaired) electrons. The SMILES string of the molecule is Clc1cnc(Cn2nccc2-c2cc(Cl)c3nnn(-c4ccc5cn[nH]c5c4)c3c2)c(Cl)c1. The van der Waals surface area contributed by atoms with Crippen molar-refractivity contribution in [2.75, 3.05) is 0 Å². The molecule has 0 saturated carbocycles. The quantitative estimate of drug-likeness (QED) is 0.345. The van der Waals surface area contributed by atoms with E-state index in [4.69, 9.17) is 34.8 Å². The summed E-state index contributed by atoms with van der Waals surface area (Å²) in [5.74, 6) is 0. The summed E-state index contributed by atoms with van der Waals surface area (Å²) in [4.78, 5) is 4.34. The van der Waals surface area contributed by atoms with Crippen molar-refractivity contribution in [3.05, 3.63) is 81.8 Å². The molecule has 0 aliphatic rings. The van der Waals surface area contributed by atoms with E-state index in [1.165, 1.54) is 0 Å². The lowest BCUT2D eigenvalue weighted by Gasteiger charge is -2.10. The van der Waals surface area contributed by atoms with Crippen LogP contribution in [0, 0.1) is 0 Å². The van der Waals surface area contributed by atoms with Crippen LogP contribution in [0.4, 0.5) is 0 Å². The zero-order valence-electron chi connectivity index (χ0n) is 16.7. The molecule has 2 aromatic carbocycles. The second-order valence-corrected chi connectivity index (χ2v) is 8.68. The number of fused-ring (bicyclic) bond motifs is 2. The van der Waals surface area contributed by atoms with Crippen LogP contribution in [0.1, 0.15) is 5.69 Å². The minimum atomic E-state index is 0.377. The molecule has 0 atom stereocenters. The Bertz CT molecular complexity index is 1650. The van der Waals surface area contributed by atoms with E-state index in [1.807, 2.05) is 41.1 Å². The first kappa shape index (κ1) is 20.2. The number of hydrogen-bond donors (Lipinski definition) is 1. The van der Waals surface area contributed by atoms with Crippen LogP contribution in [0.25, 0.3) is 38.9 Å². The van der Waals surface area contributed by atoms with Crippen LogP contribution in [0.2, 0.25) is 15.1 Å². The zero-order chi connectivity index (χ0) is 22.5. The van der Waals surface area contributed by atoms with E-state index >= 15 is 0 Å². The highest BCUT2D eigenvalue weighted by atomic mass is 35.5. The van der Waals surface area contributed by atoms with Gasteiger partial charge in [-0.15, -0.1) is 5.10 Å². The summed E-state index contributed by atoms with van der Waals surface area (Å²) in [5.41, 5.74) is 5.50. The van der Waals surface area contributed by atoms with Crippen molar-refractivity contribution in [2.45, 2.75) is 6.54 Å². The first-order valence-electron chi connectivity index (χ1n) is 9.87. The Hall–Kier alpha value is -3.46. The molecule has 6 aromatic rings. The van der Waals surface area contributed by atoms with Gasteiger partial charge < -0.3 is 0 Å². The first-order chi connectivity index (χ1) is 16.1. The molecule has 6 rings (SSSR count). The Morgan fingerprint density at radius 2 is 1.85 bits per heavy atom. The van der Waals surface area contributed by atoms with Crippen molar-refractivity contribution in [1.82, 2.24) is 40.0 Å². The number of hydrogen-bond acceptors (Lipinski definition) is 5. The molecular formula is C22H13Cl3N8. The van der Waals surface area contributed by atoms with Crippen LogP contribution in [-0.2, 0) is 6.54 Å². The van der Waals surface area contributed by atoms with Crippen molar-refractivity contribution >= 4 is 56.7 Å². The maximum absolute atomic E-state index is 6.60. The zero-order valence-corrected chi connectivity index (χ0v) is 19.0. The van der Waals surface area contributed by atoms with Gasteiger partial charge in [-0.25, -0.2) is 4.68 Å². The molecule has 0 unspecified atom stereocenters. The summed E-state index contributed by atoms with van der Waals surface area (Å²) in [7, 11) is 0. The predicted octanol–water partition coefficient (Wildman–Crippen LogP) is 5.56. The highest BCUT2D eigenvalue weighted by molar-refractivity contribution is 6.35. The number of pyridine rings is 1. The van der Waals surface area contributed by atoms with Gasteiger partial charge in [-0.3, -0.25) is 14.8 Å². The minimum Gasteiger partial charge on any atom is -0.278 e. The topological polar surface area (TPSA) is 90.1 Å². The van der Waals surface area contributed by atoms with Gasteiger partial charge in [-0.1, -0.05) is 40.0 Å². The summed E-state index contributed by atoms with van der Waals surface area (Å²) in [6, 6.07) is 13.3. The Morgan fingerprint density at radius 3 is 2.73 bits per heavy atom. The van der Waals surface area contributed by atoms with Gasteiger partial charge in [-0.2, -0.15) is 10.2 Å². The van der Waals surface area contributed by atoms with Crippen LogP contribution in [0.15, 0.2) is 61.1 Å². The van der Waals surface area contributed by atoms with Crippen LogP contribution in [0.3, 0.4) is 0 Å². The van der Waals surface area contributed by atoms with Crippen molar-refractivity contribution in [2.24, 2.45) is 0 Å². The third-order valence-electron chi connectivity index (χ3n) is 5.37. The molecule has 162 valence electrons. The van der Waals surface area contributed by atoms with E-state index in [2.05, 4.69) is 30.6 Å². The Labute approximate surface area is 201 Å². The summed E-state index contributed by atoms with van der Waals surface area (Å²) >= 11 is 18.9. The fraction of sp³-hybridized carbons (Fsp3) is 0.0455. The van der Waals surface area contributed by atoms with Crippen LogP contribution in [-0.4, -0.2) is 40.0 Å². The van der Waals surface area contributed by atoms with Crippen molar-refractivity contribution < 1.29 is 0 Å². The number of halogens is 3. The van der Waals surface area contributed by atoms with Crippen molar-refractivity contribution in [3.63, 3.8) is 0 Å². The molecule has 0 spiro atoms. The molecule has 33 heavy (non-hydrogen) atoms. The highest BCUT2D eigenvalue weighted by Crippen LogP contribution is 2.31. The van der Waals surface area contributed by atoms with E-state index in [-0.39, 0.29) is 0 Å².